The van der Waals surface area contributed by atoms with E-state index in [0.29, 0.717) is 0 Å². The van der Waals surface area contributed by atoms with Crippen LogP contribution in [0.2, 0.25) is 0 Å². The minimum atomic E-state index is 0.809. The summed E-state index contributed by atoms with van der Waals surface area (Å²) in [4.78, 5) is 11.1. The lowest BCUT2D eigenvalue weighted by molar-refractivity contribution is 0.112. The van der Waals surface area contributed by atoms with Crippen LogP contribution in [0.1, 0.15) is 62.2 Å². The van der Waals surface area contributed by atoms with Crippen molar-refractivity contribution < 1.29 is 4.79 Å². The molecule has 0 aliphatic carbocycles. The van der Waals surface area contributed by atoms with Gasteiger partial charge in [-0.15, -0.1) is 0 Å². The van der Waals surface area contributed by atoms with Gasteiger partial charge in [0.1, 0.15) is 0 Å². The molecule has 1 heterocycles. The van der Waals surface area contributed by atoms with Gasteiger partial charge in [-0.1, -0.05) is 63.6 Å². The van der Waals surface area contributed by atoms with Gasteiger partial charge in [0.25, 0.3) is 0 Å². The van der Waals surface area contributed by atoms with Crippen molar-refractivity contribution in [3.05, 3.63) is 36.0 Å². The van der Waals surface area contributed by atoms with Gasteiger partial charge >= 0.3 is 0 Å². The number of aldehydes is 1. The van der Waals surface area contributed by atoms with Crippen molar-refractivity contribution in [3.8, 4) is 0 Å². The molecule has 2 rings (SSSR count). The normalized spacial score (nSPS) is 11.1. The molecule has 108 valence electrons. The van der Waals surface area contributed by atoms with E-state index in [9.17, 15) is 4.79 Å². The Morgan fingerprint density at radius 3 is 2.45 bits per heavy atom. The molecule has 0 aliphatic heterocycles. The van der Waals surface area contributed by atoms with E-state index in [4.69, 9.17) is 0 Å². The summed E-state index contributed by atoms with van der Waals surface area (Å²) >= 11 is 0. The number of carbonyl (C=O) groups is 1. The van der Waals surface area contributed by atoms with E-state index in [1.54, 1.807) is 0 Å². The van der Waals surface area contributed by atoms with Gasteiger partial charge in [-0.25, -0.2) is 0 Å². The topological polar surface area (TPSA) is 22.0 Å². The summed E-state index contributed by atoms with van der Waals surface area (Å²) in [6.07, 6.45) is 12.2. The number of rotatable bonds is 9. The van der Waals surface area contributed by atoms with Crippen LogP contribution in [0.4, 0.5) is 0 Å². The highest BCUT2D eigenvalue weighted by Crippen LogP contribution is 2.20. The molecule has 0 unspecified atom stereocenters. The van der Waals surface area contributed by atoms with Gasteiger partial charge in [0, 0.05) is 29.2 Å². The van der Waals surface area contributed by atoms with Crippen molar-refractivity contribution in [2.45, 2.75) is 58.4 Å². The van der Waals surface area contributed by atoms with Crippen LogP contribution in [-0.4, -0.2) is 10.9 Å². The third-order valence-corrected chi connectivity index (χ3v) is 3.95. The second-order valence-corrected chi connectivity index (χ2v) is 5.53. The van der Waals surface area contributed by atoms with E-state index in [2.05, 4.69) is 17.6 Å². The van der Waals surface area contributed by atoms with Crippen LogP contribution in [0, 0.1) is 0 Å². The first kappa shape index (κ1) is 14.8. The van der Waals surface area contributed by atoms with Crippen LogP contribution in [0.25, 0.3) is 10.9 Å². The molecule has 0 bridgehead atoms. The molecule has 0 N–H and O–H groups in total. The molecular weight excluding hydrogens is 246 g/mol. The van der Waals surface area contributed by atoms with E-state index >= 15 is 0 Å². The van der Waals surface area contributed by atoms with E-state index in [1.165, 1.54) is 50.5 Å². The molecular formula is C18H25NO. The summed E-state index contributed by atoms with van der Waals surface area (Å²) in [7, 11) is 0. The van der Waals surface area contributed by atoms with Crippen molar-refractivity contribution in [2.75, 3.05) is 0 Å². The lowest BCUT2D eigenvalue weighted by Crippen LogP contribution is -1.96. The van der Waals surface area contributed by atoms with Crippen LogP contribution in [0.5, 0.6) is 0 Å². The highest BCUT2D eigenvalue weighted by Gasteiger charge is 2.06. The molecule has 0 spiro atoms. The Kier molecular flexibility index (Phi) is 5.85. The summed E-state index contributed by atoms with van der Waals surface area (Å²) in [5.74, 6) is 0. The first-order valence-corrected chi connectivity index (χ1v) is 7.90. The first-order valence-electron chi connectivity index (χ1n) is 7.90. The maximum absolute atomic E-state index is 11.1. The molecule has 0 aliphatic rings. The fourth-order valence-electron chi connectivity index (χ4n) is 2.79. The minimum Gasteiger partial charge on any atom is -0.347 e. The number of aromatic nitrogens is 1. The van der Waals surface area contributed by atoms with Crippen LogP contribution in [-0.2, 0) is 6.54 Å². The number of benzene rings is 1. The van der Waals surface area contributed by atoms with Gasteiger partial charge in [-0.3, -0.25) is 4.79 Å². The number of carbonyl (C=O) groups excluding carboxylic acids is 1. The average Bonchev–Trinajstić information content (AvgIpc) is 2.85. The SMILES string of the molecule is CCCCCCCCCn1cc(C=O)c2ccccc21. The van der Waals surface area contributed by atoms with Gasteiger partial charge < -0.3 is 4.57 Å². The molecule has 0 saturated carbocycles. The zero-order chi connectivity index (χ0) is 14.2. The quantitative estimate of drug-likeness (QED) is 0.453. The minimum absolute atomic E-state index is 0.809. The summed E-state index contributed by atoms with van der Waals surface area (Å²) in [6, 6.07) is 8.16. The van der Waals surface area contributed by atoms with Crippen LogP contribution < -0.4 is 0 Å². The highest BCUT2D eigenvalue weighted by molar-refractivity contribution is 5.97. The maximum Gasteiger partial charge on any atom is 0.152 e. The zero-order valence-electron chi connectivity index (χ0n) is 12.5. The van der Waals surface area contributed by atoms with Crippen LogP contribution >= 0.6 is 0 Å². The predicted octanol–water partition coefficient (Wildman–Crippen LogP) is 5.20. The number of nitrogens with zero attached hydrogens (tertiary/aromatic N) is 1. The summed E-state index contributed by atoms with van der Waals surface area (Å²) in [6.45, 7) is 3.27. The molecule has 0 radical (unpaired) electrons. The monoisotopic (exact) mass is 271 g/mol. The lowest BCUT2D eigenvalue weighted by Gasteiger charge is -2.05. The second kappa shape index (κ2) is 7.88. The van der Waals surface area contributed by atoms with Crippen molar-refractivity contribution in [2.24, 2.45) is 0 Å². The second-order valence-electron chi connectivity index (χ2n) is 5.53. The largest absolute Gasteiger partial charge is 0.347 e. The number of para-hydroxylation sites is 1. The molecule has 2 heteroatoms. The van der Waals surface area contributed by atoms with Gasteiger partial charge in [0.2, 0.25) is 0 Å². The molecule has 1 aromatic carbocycles. The fourth-order valence-corrected chi connectivity index (χ4v) is 2.79. The maximum atomic E-state index is 11.1. The number of aryl methyl sites for hydroxylation is 1. The molecule has 1 aromatic heterocycles. The molecule has 2 aromatic rings. The smallest absolute Gasteiger partial charge is 0.152 e. The van der Waals surface area contributed by atoms with E-state index in [0.717, 1.165) is 23.8 Å². The average molecular weight is 271 g/mol. The van der Waals surface area contributed by atoms with Gasteiger partial charge in [-0.05, 0) is 12.5 Å². The van der Waals surface area contributed by atoms with Gasteiger partial charge in [0.15, 0.2) is 6.29 Å². The van der Waals surface area contributed by atoms with Crippen molar-refractivity contribution in [1.29, 1.82) is 0 Å². The van der Waals surface area contributed by atoms with E-state index in [-0.39, 0.29) is 0 Å². The summed E-state index contributed by atoms with van der Waals surface area (Å²) in [5, 5.41) is 1.07. The number of fused-ring (bicyclic) bond motifs is 1. The zero-order valence-corrected chi connectivity index (χ0v) is 12.5. The highest BCUT2D eigenvalue weighted by atomic mass is 16.1. The number of hydrogen-bond acceptors (Lipinski definition) is 1. The molecule has 2 nitrogen and oxygen atoms in total. The summed E-state index contributed by atoms with van der Waals surface area (Å²) in [5.41, 5.74) is 1.99. The molecule has 0 saturated heterocycles. The molecule has 20 heavy (non-hydrogen) atoms. The Morgan fingerprint density at radius 1 is 1.00 bits per heavy atom. The Bertz CT molecular complexity index is 541. The Morgan fingerprint density at radius 2 is 1.70 bits per heavy atom. The molecule has 0 amide bonds. The van der Waals surface area contributed by atoms with E-state index < -0.39 is 0 Å². The Labute approximate surface area is 121 Å². The Hall–Kier alpha value is -1.57. The number of hydrogen-bond donors (Lipinski definition) is 0. The molecule has 0 fully saturated rings. The third kappa shape index (κ3) is 3.72. The van der Waals surface area contributed by atoms with Gasteiger partial charge in [-0.2, -0.15) is 0 Å². The van der Waals surface area contributed by atoms with Crippen molar-refractivity contribution in [3.63, 3.8) is 0 Å². The van der Waals surface area contributed by atoms with Crippen molar-refractivity contribution in [1.82, 2.24) is 4.57 Å². The van der Waals surface area contributed by atoms with E-state index in [1.807, 2.05) is 24.4 Å². The third-order valence-electron chi connectivity index (χ3n) is 3.95. The number of unbranched alkanes of at least 4 members (excludes halogenated alkanes) is 6. The van der Waals surface area contributed by atoms with Crippen molar-refractivity contribution >= 4 is 17.2 Å². The standard InChI is InChI=1S/C18H25NO/c1-2-3-4-5-6-7-10-13-19-14-16(15-20)17-11-8-9-12-18(17)19/h8-9,11-12,14-15H,2-7,10,13H2,1H3. The summed E-state index contributed by atoms with van der Waals surface area (Å²) < 4.78 is 2.23. The van der Waals surface area contributed by atoms with Gasteiger partial charge in [0.05, 0.1) is 0 Å². The fraction of sp³-hybridized carbons (Fsp3) is 0.500. The van der Waals surface area contributed by atoms with Crippen LogP contribution in [0.15, 0.2) is 30.5 Å². The predicted molar refractivity (Wildman–Crippen MR) is 85.3 cm³/mol. The first-order chi connectivity index (χ1) is 9.86. The lowest BCUT2D eigenvalue weighted by atomic mass is 10.1. The van der Waals surface area contributed by atoms with Crippen LogP contribution in [0.3, 0.4) is 0 Å². The molecule has 0 atom stereocenters. The Balaban J connectivity index is 1.85.